The van der Waals surface area contributed by atoms with Gasteiger partial charge in [-0.1, -0.05) is 6.07 Å². The second kappa shape index (κ2) is 10.8. The maximum Gasteiger partial charge on any atom is 0.261 e. The number of hydrogen-bond donors (Lipinski definition) is 2. The highest BCUT2D eigenvalue weighted by atomic mass is 32.2. The number of carbonyl (C=O) groups excluding carboxylic acids is 2. The molecule has 0 aromatic heterocycles. The summed E-state index contributed by atoms with van der Waals surface area (Å²) in [5.41, 5.74) is 1.62. The zero-order valence-corrected chi connectivity index (χ0v) is 20.1. The smallest absolute Gasteiger partial charge is 0.261 e. The Balaban J connectivity index is 1.70. The molecule has 3 aromatic rings. The van der Waals surface area contributed by atoms with Crippen molar-refractivity contribution in [1.29, 1.82) is 0 Å². The Morgan fingerprint density at radius 1 is 0.853 bits per heavy atom. The Morgan fingerprint density at radius 3 is 2.09 bits per heavy atom. The normalized spacial score (nSPS) is 10.9. The van der Waals surface area contributed by atoms with Crippen molar-refractivity contribution in [2.75, 3.05) is 30.2 Å². The monoisotopic (exact) mass is 481 g/mol. The molecule has 0 fully saturated rings. The van der Waals surface area contributed by atoms with Crippen molar-refractivity contribution < 1.29 is 22.7 Å². The van der Waals surface area contributed by atoms with Crippen LogP contribution in [-0.2, 0) is 10.0 Å². The van der Waals surface area contributed by atoms with E-state index in [1.54, 1.807) is 53.4 Å². The molecule has 0 aliphatic heterocycles. The fourth-order valence-corrected chi connectivity index (χ4v) is 4.34. The van der Waals surface area contributed by atoms with E-state index in [1.807, 2.05) is 13.8 Å². The summed E-state index contributed by atoms with van der Waals surface area (Å²) in [4.78, 5) is 26.9. The number of anilines is 2. The summed E-state index contributed by atoms with van der Waals surface area (Å²) in [5.74, 6) is 0.0841. The van der Waals surface area contributed by atoms with Crippen molar-refractivity contribution in [2.24, 2.45) is 0 Å². The highest BCUT2D eigenvalue weighted by Gasteiger charge is 2.17. The molecule has 3 aromatic carbocycles. The first kappa shape index (κ1) is 24.8. The van der Waals surface area contributed by atoms with Crippen LogP contribution in [0.25, 0.3) is 0 Å². The Labute approximate surface area is 199 Å². The van der Waals surface area contributed by atoms with Crippen molar-refractivity contribution in [1.82, 2.24) is 4.90 Å². The van der Waals surface area contributed by atoms with Crippen molar-refractivity contribution in [2.45, 2.75) is 18.7 Å². The second-order valence-corrected chi connectivity index (χ2v) is 9.05. The van der Waals surface area contributed by atoms with Gasteiger partial charge in [0.15, 0.2) is 0 Å². The molecule has 0 radical (unpaired) electrons. The number of amides is 2. The molecule has 0 aliphatic carbocycles. The summed E-state index contributed by atoms with van der Waals surface area (Å²) in [7, 11) is -2.30. The fourth-order valence-electron chi connectivity index (χ4n) is 3.29. The van der Waals surface area contributed by atoms with Gasteiger partial charge in [0, 0.05) is 35.6 Å². The van der Waals surface area contributed by atoms with E-state index >= 15 is 0 Å². The van der Waals surface area contributed by atoms with Crippen LogP contribution in [-0.4, -0.2) is 45.3 Å². The quantitative estimate of drug-likeness (QED) is 0.476. The number of nitrogens with one attached hydrogen (secondary N) is 2. The van der Waals surface area contributed by atoms with E-state index in [0.717, 1.165) is 0 Å². The third kappa shape index (κ3) is 5.93. The SMILES string of the molecule is CCN(CC)C(=O)c1cccc(NC(=O)c2ccc(S(=O)(=O)Nc3ccc(OC)cc3)cc2)c1. The molecule has 0 unspecified atom stereocenters. The van der Waals surface area contributed by atoms with Gasteiger partial charge >= 0.3 is 0 Å². The summed E-state index contributed by atoms with van der Waals surface area (Å²) in [6, 6.07) is 18.8. The number of methoxy groups -OCH3 is 1. The average molecular weight is 482 g/mol. The number of carbonyl (C=O) groups is 2. The van der Waals surface area contributed by atoms with Crippen LogP contribution in [0.2, 0.25) is 0 Å². The van der Waals surface area contributed by atoms with E-state index < -0.39 is 15.9 Å². The second-order valence-electron chi connectivity index (χ2n) is 7.37. The number of rotatable bonds is 9. The molecule has 0 heterocycles. The van der Waals surface area contributed by atoms with Crippen molar-refractivity contribution >= 4 is 33.2 Å². The molecule has 2 N–H and O–H groups in total. The molecule has 9 heteroatoms. The lowest BCUT2D eigenvalue weighted by atomic mass is 10.1. The van der Waals surface area contributed by atoms with Gasteiger partial charge in [0.1, 0.15) is 5.75 Å². The van der Waals surface area contributed by atoms with Gasteiger partial charge < -0.3 is 15.0 Å². The molecule has 2 amide bonds. The van der Waals surface area contributed by atoms with Gasteiger partial charge in [-0.15, -0.1) is 0 Å². The first-order valence-corrected chi connectivity index (χ1v) is 12.2. The standard InChI is InChI=1S/C25H27N3O5S/c1-4-28(5-2)25(30)19-7-6-8-21(17-19)26-24(29)18-9-15-23(16-10-18)34(31,32)27-20-11-13-22(33-3)14-12-20/h6-17,27H,4-5H2,1-3H3,(H,26,29). The minimum Gasteiger partial charge on any atom is -0.497 e. The van der Waals surface area contributed by atoms with Crippen LogP contribution in [0.3, 0.4) is 0 Å². The molecule has 0 aliphatic rings. The molecule has 178 valence electrons. The van der Waals surface area contributed by atoms with E-state index in [9.17, 15) is 18.0 Å². The first-order valence-electron chi connectivity index (χ1n) is 10.7. The molecule has 0 spiro atoms. The lowest BCUT2D eigenvalue weighted by Crippen LogP contribution is -2.30. The van der Waals surface area contributed by atoms with Gasteiger partial charge in [-0.2, -0.15) is 0 Å². The molecule has 0 saturated carbocycles. The summed E-state index contributed by atoms with van der Waals surface area (Å²) >= 11 is 0. The van der Waals surface area contributed by atoms with Crippen LogP contribution in [0.5, 0.6) is 5.75 Å². The van der Waals surface area contributed by atoms with E-state index in [1.165, 1.54) is 31.4 Å². The van der Waals surface area contributed by atoms with Crippen molar-refractivity contribution in [3.63, 3.8) is 0 Å². The first-order chi connectivity index (χ1) is 16.3. The van der Waals surface area contributed by atoms with Crippen LogP contribution in [0, 0.1) is 0 Å². The van der Waals surface area contributed by atoms with Gasteiger partial charge in [-0.05, 0) is 80.6 Å². The third-order valence-corrected chi connectivity index (χ3v) is 6.58. The number of benzene rings is 3. The van der Waals surface area contributed by atoms with Crippen LogP contribution < -0.4 is 14.8 Å². The van der Waals surface area contributed by atoms with Crippen molar-refractivity contribution in [3.05, 3.63) is 83.9 Å². The highest BCUT2D eigenvalue weighted by Crippen LogP contribution is 2.20. The average Bonchev–Trinajstić information content (AvgIpc) is 2.85. The molecular weight excluding hydrogens is 454 g/mol. The lowest BCUT2D eigenvalue weighted by molar-refractivity contribution is 0.0772. The van der Waals surface area contributed by atoms with Crippen molar-refractivity contribution in [3.8, 4) is 5.75 Å². The lowest BCUT2D eigenvalue weighted by Gasteiger charge is -2.19. The minimum absolute atomic E-state index is 0.0201. The number of ether oxygens (including phenoxy) is 1. The maximum absolute atomic E-state index is 12.7. The van der Waals surface area contributed by atoms with Crippen LogP contribution in [0.4, 0.5) is 11.4 Å². The van der Waals surface area contributed by atoms with Crippen LogP contribution >= 0.6 is 0 Å². The maximum atomic E-state index is 12.7. The van der Waals surface area contributed by atoms with Gasteiger partial charge in [0.05, 0.1) is 12.0 Å². The zero-order chi connectivity index (χ0) is 24.7. The number of hydrogen-bond acceptors (Lipinski definition) is 5. The number of sulfonamides is 1. The van der Waals surface area contributed by atoms with Crippen LogP contribution in [0.15, 0.2) is 77.7 Å². The predicted octanol–water partition coefficient (Wildman–Crippen LogP) is 4.23. The largest absolute Gasteiger partial charge is 0.497 e. The van der Waals surface area contributed by atoms with Gasteiger partial charge in [-0.25, -0.2) is 8.42 Å². The molecule has 0 saturated heterocycles. The topological polar surface area (TPSA) is 105 Å². The molecular formula is C25H27N3O5S. The summed E-state index contributed by atoms with van der Waals surface area (Å²) in [6.07, 6.45) is 0. The molecule has 3 rings (SSSR count). The Morgan fingerprint density at radius 2 is 1.50 bits per heavy atom. The Bertz CT molecular complexity index is 1250. The van der Waals surface area contributed by atoms with Crippen LogP contribution in [0.1, 0.15) is 34.6 Å². The molecule has 0 bridgehead atoms. The minimum atomic E-state index is -3.83. The fraction of sp³-hybridized carbons (Fsp3) is 0.200. The number of nitrogens with zero attached hydrogens (tertiary/aromatic N) is 1. The third-order valence-electron chi connectivity index (χ3n) is 5.19. The zero-order valence-electron chi connectivity index (χ0n) is 19.2. The van der Waals surface area contributed by atoms with E-state index in [0.29, 0.717) is 35.8 Å². The summed E-state index contributed by atoms with van der Waals surface area (Å²) in [6.45, 7) is 5.00. The Kier molecular flexibility index (Phi) is 7.91. The van der Waals surface area contributed by atoms with Gasteiger partial charge in [0.25, 0.3) is 21.8 Å². The Hall–Kier alpha value is -3.85. The van der Waals surface area contributed by atoms with E-state index in [4.69, 9.17) is 4.74 Å². The highest BCUT2D eigenvalue weighted by molar-refractivity contribution is 7.92. The predicted molar refractivity (Wildman–Crippen MR) is 132 cm³/mol. The summed E-state index contributed by atoms with van der Waals surface area (Å²) < 4.78 is 32.9. The van der Waals surface area contributed by atoms with E-state index in [-0.39, 0.29) is 16.4 Å². The molecule has 34 heavy (non-hydrogen) atoms. The molecule has 0 atom stereocenters. The van der Waals surface area contributed by atoms with Gasteiger partial charge in [0.2, 0.25) is 0 Å². The van der Waals surface area contributed by atoms with Gasteiger partial charge in [-0.3, -0.25) is 14.3 Å². The summed E-state index contributed by atoms with van der Waals surface area (Å²) in [5, 5.41) is 2.75. The molecule has 8 nitrogen and oxygen atoms in total. The van der Waals surface area contributed by atoms with E-state index in [2.05, 4.69) is 10.0 Å².